The van der Waals surface area contributed by atoms with Gasteiger partial charge in [-0.2, -0.15) is 13.2 Å². The molecule has 2 N–H and O–H groups in total. The first-order valence-electron chi connectivity index (χ1n) is 8.61. The molecule has 0 bridgehead atoms. The summed E-state index contributed by atoms with van der Waals surface area (Å²) in [7, 11) is 0. The van der Waals surface area contributed by atoms with Crippen molar-refractivity contribution in [1.82, 2.24) is 0 Å². The van der Waals surface area contributed by atoms with E-state index in [1.165, 1.54) is 0 Å². The minimum absolute atomic E-state index is 0.0722. The zero-order valence-corrected chi connectivity index (χ0v) is 15.9. The van der Waals surface area contributed by atoms with Crippen LogP contribution in [0.25, 0.3) is 0 Å². The number of alkyl halides is 3. The summed E-state index contributed by atoms with van der Waals surface area (Å²) >= 11 is 0. The molecule has 0 aromatic rings. The lowest BCUT2D eigenvalue weighted by Crippen LogP contribution is -2.53. The highest BCUT2D eigenvalue weighted by molar-refractivity contribution is 5.81. The minimum Gasteiger partial charge on any atom is -0.478 e. The van der Waals surface area contributed by atoms with Crippen LogP contribution in [0.15, 0.2) is 35.5 Å². The third kappa shape index (κ3) is 4.12. The van der Waals surface area contributed by atoms with Crippen molar-refractivity contribution in [3.63, 3.8) is 0 Å². The maximum atomic E-state index is 13.1. The van der Waals surface area contributed by atoms with Crippen molar-refractivity contribution in [3.8, 4) is 0 Å². The van der Waals surface area contributed by atoms with Gasteiger partial charge < -0.3 is 19.7 Å². The Morgan fingerprint density at radius 1 is 1.26 bits per heavy atom. The summed E-state index contributed by atoms with van der Waals surface area (Å²) in [6.45, 7) is 8.71. The van der Waals surface area contributed by atoms with E-state index >= 15 is 0 Å². The molecular formula is C19H25F3O5. The second-order valence-electron chi connectivity index (χ2n) is 7.88. The van der Waals surface area contributed by atoms with Crippen LogP contribution >= 0.6 is 0 Å². The first-order valence-corrected chi connectivity index (χ1v) is 8.61. The first kappa shape index (κ1) is 21.7. The number of ether oxygens (including phenoxy) is 2. The number of halogens is 3. The highest BCUT2D eigenvalue weighted by atomic mass is 19.4. The number of aliphatic hydroxyl groups is 1. The molecule has 1 aliphatic heterocycles. The normalized spacial score (nSPS) is 37.1. The Morgan fingerprint density at radius 3 is 2.19 bits per heavy atom. The Bertz CT molecular complexity index is 695. The highest BCUT2D eigenvalue weighted by Crippen LogP contribution is 2.52. The molecule has 152 valence electrons. The SMILES string of the molecule is CC1=CC2(CC(C)(C)C1(O)C=CC(=CC(=O)O)C(F)(F)F)OC(C)C(C)O2. The van der Waals surface area contributed by atoms with Crippen LogP contribution in [0.5, 0.6) is 0 Å². The van der Waals surface area contributed by atoms with E-state index in [0.717, 1.165) is 6.08 Å². The standard InChI is InChI=1S/C19H25F3O5/c1-11-9-17(26-12(2)13(3)27-17)10-16(4,5)18(11,25)7-6-14(8-15(23)24)19(20,21)22/h6-9,12-13,25H,10H2,1-5H3,(H,23,24). The van der Waals surface area contributed by atoms with E-state index in [1.54, 1.807) is 26.8 Å². The van der Waals surface area contributed by atoms with E-state index in [0.29, 0.717) is 11.6 Å². The van der Waals surface area contributed by atoms with Crippen LogP contribution in [0.1, 0.15) is 41.0 Å². The lowest BCUT2D eigenvalue weighted by molar-refractivity contribution is -0.183. The van der Waals surface area contributed by atoms with Crippen LogP contribution in [-0.2, 0) is 14.3 Å². The van der Waals surface area contributed by atoms with Crippen molar-refractivity contribution in [2.75, 3.05) is 0 Å². The summed E-state index contributed by atoms with van der Waals surface area (Å²) < 4.78 is 51.0. The fraction of sp³-hybridized carbons (Fsp3) is 0.632. The van der Waals surface area contributed by atoms with Crippen LogP contribution in [0.4, 0.5) is 13.2 Å². The zero-order chi connectivity index (χ0) is 20.8. The van der Waals surface area contributed by atoms with Crippen LogP contribution in [0.3, 0.4) is 0 Å². The first-order chi connectivity index (χ1) is 12.1. The fourth-order valence-electron chi connectivity index (χ4n) is 3.70. The fourth-order valence-corrected chi connectivity index (χ4v) is 3.70. The number of hydrogen-bond donors (Lipinski definition) is 2. The van der Waals surface area contributed by atoms with Crippen LogP contribution in [0, 0.1) is 5.41 Å². The molecule has 27 heavy (non-hydrogen) atoms. The van der Waals surface area contributed by atoms with Crippen molar-refractivity contribution in [3.05, 3.63) is 35.5 Å². The molecule has 0 aromatic carbocycles. The van der Waals surface area contributed by atoms with Gasteiger partial charge in [-0.3, -0.25) is 0 Å². The summed E-state index contributed by atoms with van der Waals surface area (Å²) in [6, 6.07) is 0. The minimum atomic E-state index is -4.86. The lowest BCUT2D eigenvalue weighted by Gasteiger charge is -2.49. The molecule has 0 amide bonds. The molecular weight excluding hydrogens is 365 g/mol. The number of rotatable bonds is 3. The van der Waals surface area contributed by atoms with Crippen molar-refractivity contribution in [2.24, 2.45) is 5.41 Å². The number of carboxylic acids is 1. The van der Waals surface area contributed by atoms with Crippen molar-refractivity contribution >= 4 is 5.97 Å². The van der Waals surface area contributed by atoms with Gasteiger partial charge in [-0.25, -0.2) is 4.79 Å². The molecule has 8 heteroatoms. The third-order valence-corrected chi connectivity index (χ3v) is 5.30. The largest absolute Gasteiger partial charge is 0.478 e. The van der Waals surface area contributed by atoms with Gasteiger partial charge in [0.1, 0.15) is 5.60 Å². The second-order valence-corrected chi connectivity index (χ2v) is 7.88. The Kier molecular flexibility index (Phi) is 5.42. The maximum Gasteiger partial charge on any atom is 0.416 e. The molecule has 1 saturated heterocycles. The predicted molar refractivity (Wildman–Crippen MR) is 91.8 cm³/mol. The lowest BCUT2D eigenvalue weighted by atomic mass is 9.63. The number of allylic oxidation sites excluding steroid dienone is 2. The van der Waals surface area contributed by atoms with Gasteiger partial charge in [-0.05, 0) is 38.5 Å². The second kappa shape index (κ2) is 6.76. The van der Waals surface area contributed by atoms with Gasteiger partial charge in [0.25, 0.3) is 0 Å². The van der Waals surface area contributed by atoms with Crippen LogP contribution in [0.2, 0.25) is 0 Å². The Balaban J connectivity index is 2.45. The third-order valence-electron chi connectivity index (χ3n) is 5.30. The summed E-state index contributed by atoms with van der Waals surface area (Å²) in [4.78, 5) is 10.7. The average Bonchev–Trinajstić information content (AvgIpc) is 2.73. The molecule has 2 aliphatic rings. The van der Waals surface area contributed by atoms with E-state index in [1.807, 2.05) is 13.8 Å². The summed E-state index contributed by atoms with van der Waals surface area (Å²) in [5, 5.41) is 19.9. The molecule has 0 radical (unpaired) electrons. The van der Waals surface area contributed by atoms with Gasteiger partial charge >= 0.3 is 12.1 Å². The topological polar surface area (TPSA) is 76.0 Å². The molecule has 1 spiro atoms. The monoisotopic (exact) mass is 390 g/mol. The molecule has 3 unspecified atom stereocenters. The van der Waals surface area contributed by atoms with Gasteiger partial charge in [-0.15, -0.1) is 0 Å². The quantitative estimate of drug-likeness (QED) is 0.436. The van der Waals surface area contributed by atoms with Crippen molar-refractivity contribution in [2.45, 2.75) is 70.8 Å². The van der Waals surface area contributed by atoms with E-state index in [9.17, 15) is 23.1 Å². The molecule has 5 nitrogen and oxygen atoms in total. The molecule has 2 rings (SSSR count). The smallest absolute Gasteiger partial charge is 0.416 e. The van der Waals surface area contributed by atoms with E-state index in [4.69, 9.17) is 14.6 Å². The van der Waals surface area contributed by atoms with E-state index in [2.05, 4.69) is 0 Å². The molecule has 1 fully saturated rings. The van der Waals surface area contributed by atoms with Gasteiger partial charge in [0.2, 0.25) is 0 Å². The Morgan fingerprint density at radius 2 is 1.78 bits per heavy atom. The number of hydrogen-bond acceptors (Lipinski definition) is 4. The number of carbonyl (C=O) groups is 1. The molecule has 1 aliphatic carbocycles. The maximum absolute atomic E-state index is 13.1. The molecule has 0 saturated carbocycles. The summed E-state index contributed by atoms with van der Waals surface area (Å²) in [6.07, 6.45) is -1.70. The summed E-state index contributed by atoms with van der Waals surface area (Å²) in [5.74, 6) is -2.76. The van der Waals surface area contributed by atoms with E-state index in [-0.39, 0.29) is 24.7 Å². The van der Waals surface area contributed by atoms with E-state index < -0.39 is 34.5 Å². The van der Waals surface area contributed by atoms with Gasteiger partial charge in [0.05, 0.1) is 17.8 Å². The van der Waals surface area contributed by atoms with Gasteiger partial charge in [0, 0.05) is 17.9 Å². The Labute approximate surface area is 156 Å². The predicted octanol–water partition coefficient (Wildman–Crippen LogP) is 3.74. The van der Waals surface area contributed by atoms with Crippen LogP contribution < -0.4 is 0 Å². The van der Waals surface area contributed by atoms with Crippen LogP contribution in [-0.4, -0.2) is 46.0 Å². The number of aliphatic carboxylic acids is 1. The summed E-state index contributed by atoms with van der Waals surface area (Å²) in [5.41, 5.74) is -3.66. The highest BCUT2D eigenvalue weighted by Gasteiger charge is 2.56. The molecule has 3 atom stereocenters. The van der Waals surface area contributed by atoms with Gasteiger partial charge in [0.15, 0.2) is 5.79 Å². The Hall–Kier alpha value is -1.64. The molecule has 1 heterocycles. The zero-order valence-electron chi connectivity index (χ0n) is 15.9. The average molecular weight is 390 g/mol. The number of carboxylic acid groups (broad SMARTS) is 1. The molecule has 0 aromatic heterocycles. The van der Waals surface area contributed by atoms with Crippen molar-refractivity contribution in [1.29, 1.82) is 0 Å². The van der Waals surface area contributed by atoms with Gasteiger partial charge in [-0.1, -0.05) is 19.9 Å². The van der Waals surface area contributed by atoms with Crippen molar-refractivity contribution < 1.29 is 37.7 Å².